The third-order valence-electron chi connectivity index (χ3n) is 2.77. The number of pyridine rings is 1. The van der Waals surface area contributed by atoms with Gasteiger partial charge in [0, 0.05) is 11.8 Å². The largest absolute Gasteiger partial charge is 0.462 e. The molecule has 0 aliphatic rings. The zero-order chi connectivity index (χ0) is 15.9. The van der Waals surface area contributed by atoms with Gasteiger partial charge in [-0.3, -0.25) is 4.79 Å². The van der Waals surface area contributed by atoms with Gasteiger partial charge >= 0.3 is 5.97 Å². The number of nitrogens with one attached hydrogen (secondary N) is 1. The Labute approximate surface area is 127 Å². The summed E-state index contributed by atoms with van der Waals surface area (Å²) >= 11 is 0. The maximum Gasteiger partial charge on any atom is 0.338 e. The summed E-state index contributed by atoms with van der Waals surface area (Å²) in [7, 11) is 0. The molecule has 0 saturated heterocycles. The number of nitrogens with zero attached hydrogens (tertiary/aromatic N) is 2. The van der Waals surface area contributed by atoms with Crippen molar-refractivity contribution in [2.75, 3.05) is 11.9 Å². The molecule has 0 bridgehead atoms. The first-order valence-electron chi connectivity index (χ1n) is 6.58. The van der Waals surface area contributed by atoms with E-state index in [1.165, 1.54) is 24.4 Å². The monoisotopic (exact) mass is 295 g/mol. The summed E-state index contributed by atoms with van der Waals surface area (Å²) in [6.45, 7) is 1.98. The third kappa shape index (κ3) is 3.67. The molecule has 2 aromatic rings. The first-order valence-corrected chi connectivity index (χ1v) is 6.58. The van der Waals surface area contributed by atoms with Gasteiger partial charge in [-0.25, -0.2) is 9.78 Å². The number of rotatable bonds is 4. The Hall–Kier alpha value is -3.20. The van der Waals surface area contributed by atoms with Crippen molar-refractivity contribution in [1.29, 1.82) is 5.26 Å². The SMILES string of the molecule is CCOC(=O)c1ccnc(NC(=O)c2cccc(C#N)c2)c1. The summed E-state index contributed by atoms with van der Waals surface area (Å²) in [6.07, 6.45) is 1.41. The van der Waals surface area contributed by atoms with Crippen molar-refractivity contribution >= 4 is 17.7 Å². The second-order valence-corrected chi connectivity index (χ2v) is 4.30. The summed E-state index contributed by atoms with van der Waals surface area (Å²) in [4.78, 5) is 27.7. The fraction of sp³-hybridized carbons (Fsp3) is 0.125. The van der Waals surface area contributed by atoms with E-state index in [2.05, 4.69) is 10.3 Å². The van der Waals surface area contributed by atoms with Gasteiger partial charge < -0.3 is 10.1 Å². The Kier molecular flexibility index (Phi) is 4.83. The van der Waals surface area contributed by atoms with Gasteiger partial charge in [-0.1, -0.05) is 6.07 Å². The van der Waals surface area contributed by atoms with E-state index in [1.807, 2.05) is 6.07 Å². The molecule has 110 valence electrons. The van der Waals surface area contributed by atoms with Crippen LogP contribution in [0.5, 0.6) is 0 Å². The molecule has 0 fully saturated rings. The smallest absolute Gasteiger partial charge is 0.338 e. The number of amides is 1. The minimum atomic E-state index is -0.480. The second kappa shape index (κ2) is 6.99. The summed E-state index contributed by atoms with van der Waals surface area (Å²) < 4.78 is 4.89. The quantitative estimate of drug-likeness (QED) is 0.874. The van der Waals surface area contributed by atoms with Crippen molar-refractivity contribution in [1.82, 2.24) is 4.98 Å². The number of hydrogen-bond acceptors (Lipinski definition) is 5. The van der Waals surface area contributed by atoms with E-state index in [-0.39, 0.29) is 12.4 Å². The Morgan fingerprint density at radius 2 is 2.09 bits per heavy atom. The molecule has 0 aliphatic carbocycles. The van der Waals surface area contributed by atoms with Crippen LogP contribution in [0.1, 0.15) is 33.2 Å². The Morgan fingerprint density at radius 3 is 2.82 bits per heavy atom. The molecule has 1 amide bonds. The van der Waals surface area contributed by atoms with E-state index in [0.29, 0.717) is 16.7 Å². The molecule has 0 unspecified atom stereocenters. The van der Waals surface area contributed by atoms with E-state index >= 15 is 0 Å². The van der Waals surface area contributed by atoms with Crippen LogP contribution in [0.4, 0.5) is 5.82 Å². The van der Waals surface area contributed by atoms with Crippen LogP contribution in [0, 0.1) is 11.3 Å². The van der Waals surface area contributed by atoms with Gasteiger partial charge in [0.2, 0.25) is 0 Å². The first-order chi connectivity index (χ1) is 10.6. The number of carbonyl (C=O) groups excluding carboxylic acids is 2. The van der Waals surface area contributed by atoms with Crippen molar-refractivity contribution in [3.63, 3.8) is 0 Å². The molecule has 0 saturated carbocycles. The minimum Gasteiger partial charge on any atom is -0.462 e. The van der Waals surface area contributed by atoms with Crippen molar-refractivity contribution in [3.8, 4) is 6.07 Å². The van der Waals surface area contributed by atoms with E-state index in [4.69, 9.17) is 10.00 Å². The van der Waals surface area contributed by atoms with Crippen LogP contribution in [0.2, 0.25) is 0 Å². The number of anilines is 1. The maximum absolute atomic E-state index is 12.1. The molecule has 1 aromatic carbocycles. The molecule has 0 atom stereocenters. The minimum absolute atomic E-state index is 0.234. The lowest BCUT2D eigenvalue weighted by Crippen LogP contribution is -2.14. The lowest BCUT2D eigenvalue weighted by Gasteiger charge is -2.06. The highest BCUT2D eigenvalue weighted by Crippen LogP contribution is 2.11. The lowest BCUT2D eigenvalue weighted by atomic mass is 10.1. The van der Waals surface area contributed by atoms with Gasteiger partial charge in [0.25, 0.3) is 5.91 Å². The predicted octanol–water partition coefficient (Wildman–Crippen LogP) is 2.38. The standard InChI is InChI=1S/C16H13N3O3/c1-2-22-16(21)13-6-7-18-14(9-13)19-15(20)12-5-3-4-11(8-12)10-17/h3-9H,2H2,1H3,(H,18,19,20). The Bertz CT molecular complexity index is 750. The highest BCUT2D eigenvalue weighted by Gasteiger charge is 2.11. The summed E-state index contributed by atoms with van der Waals surface area (Å²) in [6, 6.07) is 11.2. The molecule has 22 heavy (non-hydrogen) atoms. The fourth-order valence-corrected chi connectivity index (χ4v) is 1.76. The molecule has 6 nitrogen and oxygen atoms in total. The van der Waals surface area contributed by atoms with E-state index in [9.17, 15) is 9.59 Å². The maximum atomic E-state index is 12.1. The zero-order valence-corrected chi connectivity index (χ0v) is 11.9. The molecule has 1 N–H and O–H groups in total. The van der Waals surface area contributed by atoms with Gasteiger partial charge in [0.15, 0.2) is 0 Å². The van der Waals surface area contributed by atoms with Gasteiger partial charge in [0.05, 0.1) is 23.8 Å². The molecular weight excluding hydrogens is 282 g/mol. The Balaban J connectivity index is 2.16. The molecule has 0 aliphatic heterocycles. The molecular formula is C16H13N3O3. The molecule has 6 heteroatoms. The number of esters is 1. The van der Waals surface area contributed by atoms with E-state index < -0.39 is 11.9 Å². The van der Waals surface area contributed by atoms with Crippen LogP contribution in [-0.2, 0) is 4.74 Å². The van der Waals surface area contributed by atoms with Gasteiger partial charge in [-0.2, -0.15) is 5.26 Å². The fourth-order valence-electron chi connectivity index (χ4n) is 1.76. The number of hydrogen-bond donors (Lipinski definition) is 1. The summed E-state index contributed by atoms with van der Waals surface area (Å²) in [5.74, 6) is -0.657. The zero-order valence-electron chi connectivity index (χ0n) is 11.9. The van der Waals surface area contributed by atoms with Gasteiger partial charge in [-0.15, -0.1) is 0 Å². The van der Waals surface area contributed by atoms with Crippen LogP contribution >= 0.6 is 0 Å². The highest BCUT2D eigenvalue weighted by atomic mass is 16.5. The normalized spacial score (nSPS) is 9.64. The highest BCUT2D eigenvalue weighted by molar-refractivity contribution is 6.04. The van der Waals surface area contributed by atoms with E-state index in [0.717, 1.165) is 0 Å². The molecule has 2 rings (SSSR count). The molecule has 1 heterocycles. The molecule has 0 radical (unpaired) electrons. The van der Waals surface area contributed by atoms with Crippen molar-refractivity contribution in [3.05, 3.63) is 59.3 Å². The summed E-state index contributed by atoms with van der Waals surface area (Å²) in [5, 5.41) is 11.4. The van der Waals surface area contributed by atoms with Gasteiger partial charge in [-0.05, 0) is 37.3 Å². The topological polar surface area (TPSA) is 92.1 Å². The number of ether oxygens (including phenoxy) is 1. The third-order valence-corrected chi connectivity index (χ3v) is 2.77. The number of benzene rings is 1. The van der Waals surface area contributed by atoms with Crippen LogP contribution in [0.25, 0.3) is 0 Å². The van der Waals surface area contributed by atoms with Crippen LogP contribution < -0.4 is 5.32 Å². The average molecular weight is 295 g/mol. The molecule has 1 aromatic heterocycles. The van der Waals surface area contributed by atoms with E-state index in [1.54, 1.807) is 25.1 Å². The summed E-state index contributed by atoms with van der Waals surface area (Å²) in [5.41, 5.74) is 1.03. The predicted molar refractivity (Wildman–Crippen MR) is 79.3 cm³/mol. The van der Waals surface area contributed by atoms with Crippen molar-refractivity contribution in [2.45, 2.75) is 6.92 Å². The average Bonchev–Trinajstić information content (AvgIpc) is 2.55. The van der Waals surface area contributed by atoms with Crippen LogP contribution in [0.3, 0.4) is 0 Å². The number of nitriles is 1. The van der Waals surface area contributed by atoms with Crippen molar-refractivity contribution < 1.29 is 14.3 Å². The second-order valence-electron chi connectivity index (χ2n) is 4.30. The van der Waals surface area contributed by atoms with Crippen LogP contribution in [-0.4, -0.2) is 23.5 Å². The van der Waals surface area contributed by atoms with Crippen LogP contribution in [0.15, 0.2) is 42.6 Å². The van der Waals surface area contributed by atoms with Crippen molar-refractivity contribution in [2.24, 2.45) is 0 Å². The lowest BCUT2D eigenvalue weighted by molar-refractivity contribution is 0.0526. The molecule has 0 spiro atoms. The first kappa shape index (κ1) is 15.2. The Morgan fingerprint density at radius 1 is 1.27 bits per heavy atom. The number of aromatic nitrogens is 1. The van der Waals surface area contributed by atoms with Gasteiger partial charge in [0.1, 0.15) is 5.82 Å². The number of carbonyl (C=O) groups is 2.